The summed E-state index contributed by atoms with van der Waals surface area (Å²) in [6.45, 7) is 7.05. The molecule has 0 bridgehead atoms. The van der Waals surface area contributed by atoms with Crippen molar-refractivity contribution in [3.8, 4) is 16.9 Å². The molecule has 0 fully saturated rings. The summed E-state index contributed by atoms with van der Waals surface area (Å²) in [4.78, 5) is 56.4. The van der Waals surface area contributed by atoms with Gasteiger partial charge >= 0.3 is 0 Å². The van der Waals surface area contributed by atoms with Gasteiger partial charge in [0.2, 0.25) is 5.78 Å². The normalized spacial score (nSPS) is 24.2. The summed E-state index contributed by atoms with van der Waals surface area (Å²) >= 11 is 0. The second kappa shape index (κ2) is 12.3. The smallest absolute Gasteiger partial charge is 0.255 e. The second-order valence-corrected chi connectivity index (χ2v) is 12.3. The molecule has 2 aromatic carbocycles. The molecule has 4 atom stereocenters. The maximum Gasteiger partial charge on any atom is 0.255 e. The van der Waals surface area contributed by atoms with Crippen LogP contribution in [0.2, 0.25) is 0 Å². The van der Waals surface area contributed by atoms with Gasteiger partial charge in [-0.3, -0.25) is 24.1 Å². The Labute approximate surface area is 266 Å². The highest BCUT2D eigenvalue weighted by Crippen LogP contribution is 2.53. The van der Waals surface area contributed by atoms with Crippen LogP contribution in [0, 0.1) is 11.8 Å². The van der Waals surface area contributed by atoms with E-state index in [2.05, 4.69) is 24.1 Å². The topological polar surface area (TPSA) is 194 Å². The number of Topliss-reactive ketones (excluding diaryl/α,β-unsaturated/α-hetero) is 2. The molecular weight excluding hydrogens is 592 g/mol. The van der Waals surface area contributed by atoms with E-state index in [1.165, 1.54) is 11.0 Å². The number of likely N-dealkylation sites (N-methyl/N-ethyl adjacent to an activating group) is 2. The molecule has 0 spiro atoms. The van der Waals surface area contributed by atoms with Gasteiger partial charge in [0.15, 0.2) is 11.4 Å². The third kappa shape index (κ3) is 5.16. The minimum absolute atomic E-state index is 0.0180. The van der Waals surface area contributed by atoms with E-state index in [1.54, 1.807) is 44.4 Å². The number of allylic oxidation sites excluding steroid dienone is 1. The molecule has 1 unspecified atom stereocenters. The van der Waals surface area contributed by atoms with Crippen molar-refractivity contribution >= 4 is 23.4 Å². The number of hydrogen-bond acceptors (Lipinski definition) is 10. The highest BCUT2D eigenvalue weighted by molar-refractivity contribution is 6.25. The van der Waals surface area contributed by atoms with Crippen molar-refractivity contribution < 1.29 is 39.6 Å². The van der Waals surface area contributed by atoms with E-state index in [9.17, 15) is 39.6 Å². The average molecular weight is 633 g/mol. The Morgan fingerprint density at radius 3 is 2.39 bits per heavy atom. The number of carbonyl (C=O) groups is 4. The summed E-state index contributed by atoms with van der Waals surface area (Å²) in [5, 5.41) is 48.1. The van der Waals surface area contributed by atoms with Crippen LogP contribution in [0.25, 0.3) is 11.1 Å². The molecule has 3 aliphatic rings. The molecule has 7 N–H and O–H groups in total. The van der Waals surface area contributed by atoms with Crippen LogP contribution < -0.4 is 11.1 Å². The summed E-state index contributed by atoms with van der Waals surface area (Å²) in [5.74, 6) is -7.30. The molecule has 2 amide bonds. The van der Waals surface area contributed by atoms with E-state index in [0.717, 1.165) is 13.1 Å². The number of nitrogens with one attached hydrogen (secondary N) is 1. The third-order valence-electron chi connectivity index (χ3n) is 9.65. The molecule has 46 heavy (non-hydrogen) atoms. The van der Waals surface area contributed by atoms with Crippen molar-refractivity contribution in [2.75, 3.05) is 40.3 Å². The number of nitrogens with zero attached hydrogens (tertiary/aromatic N) is 2. The van der Waals surface area contributed by atoms with Gasteiger partial charge in [-0.15, -0.1) is 0 Å². The molecule has 0 aliphatic heterocycles. The van der Waals surface area contributed by atoms with Crippen LogP contribution in [0.1, 0.15) is 46.5 Å². The number of phenolic OH excluding ortho intramolecular Hbond substituents is 1. The molecule has 12 heteroatoms. The van der Waals surface area contributed by atoms with Gasteiger partial charge in [-0.2, -0.15) is 0 Å². The predicted molar refractivity (Wildman–Crippen MR) is 169 cm³/mol. The predicted octanol–water partition coefficient (Wildman–Crippen LogP) is 1.86. The van der Waals surface area contributed by atoms with Crippen LogP contribution in [0.4, 0.5) is 0 Å². The van der Waals surface area contributed by atoms with Gasteiger partial charge in [-0.05, 0) is 80.8 Å². The van der Waals surface area contributed by atoms with Crippen LogP contribution in [0.15, 0.2) is 59.1 Å². The molecule has 0 radical (unpaired) electrons. The van der Waals surface area contributed by atoms with Crippen molar-refractivity contribution in [2.24, 2.45) is 17.6 Å². The number of benzene rings is 2. The third-order valence-corrected chi connectivity index (χ3v) is 9.65. The minimum atomic E-state index is -2.70. The van der Waals surface area contributed by atoms with Crippen LogP contribution in [-0.4, -0.2) is 106 Å². The number of ketones is 2. The molecule has 5 rings (SSSR count). The van der Waals surface area contributed by atoms with Gasteiger partial charge in [-0.1, -0.05) is 32.0 Å². The van der Waals surface area contributed by atoms with Crippen molar-refractivity contribution in [3.05, 3.63) is 75.8 Å². The SMILES string of the molecule is CCN(CC)CCNC(=O)c1cccc(-c2ccc(O)c3c2C[C@H]2C[C@H]4C(N(C)C)C(O)=C(C(N)=O)C(=O)[C@@]4(O)C(O)=C2C3=O)c1. The van der Waals surface area contributed by atoms with Crippen LogP contribution in [0.3, 0.4) is 0 Å². The van der Waals surface area contributed by atoms with Crippen molar-refractivity contribution in [2.45, 2.75) is 38.3 Å². The lowest BCUT2D eigenvalue weighted by atomic mass is 9.58. The van der Waals surface area contributed by atoms with E-state index in [4.69, 9.17) is 5.73 Å². The van der Waals surface area contributed by atoms with Gasteiger partial charge in [0, 0.05) is 30.1 Å². The van der Waals surface area contributed by atoms with Gasteiger partial charge in [0.1, 0.15) is 22.8 Å². The maximum absolute atomic E-state index is 14.1. The molecule has 2 aromatic rings. The summed E-state index contributed by atoms with van der Waals surface area (Å²) < 4.78 is 0. The number of aromatic hydroxyl groups is 1. The van der Waals surface area contributed by atoms with E-state index < -0.39 is 58.0 Å². The van der Waals surface area contributed by atoms with Crippen molar-refractivity contribution in [1.82, 2.24) is 15.1 Å². The van der Waals surface area contributed by atoms with Crippen molar-refractivity contribution in [1.29, 1.82) is 0 Å². The quantitative estimate of drug-likeness (QED) is 0.222. The van der Waals surface area contributed by atoms with E-state index in [0.29, 0.717) is 35.3 Å². The highest BCUT2D eigenvalue weighted by atomic mass is 16.3. The zero-order valence-electron chi connectivity index (χ0n) is 26.3. The molecular formula is C34H40N4O8. The summed E-state index contributed by atoms with van der Waals surface area (Å²) in [7, 11) is 3.16. The lowest BCUT2D eigenvalue weighted by molar-refractivity contribution is -0.148. The molecule has 0 heterocycles. The molecule has 0 saturated carbocycles. The number of fused-ring (bicyclic) bond motifs is 3. The molecule has 3 aliphatic carbocycles. The number of primary amides is 1. The first-order valence-corrected chi connectivity index (χ1v) is 15.4. The Kier molecular flexibility index (Phi) is 8.82. The summed E-state index contributed by atoms with van der Waals surface area (Å²) in [6, 6.07) is 8.86. The number of aliphatic hydroxyl groups excluding tert-OH is 2. The first-order valence-electron chi connectivity index (χ1n) is 15.4. The Bertz CT molecular complexity index is 1690. The Balaban J connectivity index is 1.56. The Hall–Kier alpha value is -4.52. The fourth-order valence-corrected chi connectivity index (χ4v) is 7.32. The number of aliphatic hydroxyl groups is 3. The maximum atomic E-state index is 14.1. The number of carbonyl (C=O) groups excluding carboxylic acids is 4. The van der Waals surface area contributed by atoms with Crippen LogP contribution >= 0.6 is 0 Å². The van der Waals surface area contributed by atoms with Crippen LogP contribution in [-0.2, 0) is 16.0 Å². The highest BCUT2D eigenvalue weighted by Gasteiger charge is 2.63. The minimum Gasteiger partial charge on any atom is -0.510 e. The molecule has 0 saturated heterocycles. The number of amides is 2. The lowest BCUT2D eigenvalue weighted by Crippen LogP contribution is -2.63. The number of nitrogens with two attached hydrogens (primary N) is 1. The lowest BCUT2D eigenvalue weighted by Gasteiger charge is -2.50. The zero-order valence-corrected chi connectivity index (χ0v) is 26.3. The number of hydrogen-bond donors (Lipinski definition) is 6. The average Bonchev–Trinajstić information content (AvgIpc) is 3.01. The summed E-state index contributed by atoms with van der Waals surface area (Å²) in [5.41, 5.74) is 3.66. The number of rotatable bonds is 9. The second-order valence-electron chi connectivity index (χ2n) is 12.3. The van der Waals surface area contributed by atoms with Crippen molar-refractivity contribution in [3.63, 3.8) is 0 Å². The fraction of sp³-hybridized carbons (Fsp3) is 0.412. The van der Waals surface area contributed by atoms with Gasteiger partial charge in [0.25, 0.3) is 11.8 Å². The van der Waals surface area contributed by atoms with Crippen LogP contribution in [0.5, 0.6) is 5.75 Å². The van der Waals surface area contributed by atoms with E-state index >= 15 is 0 Å². The van der Waals surface area contributed by atoms with Gasteiger partial charge in [0.05, 0.1) is 11.6 Å². The van der Waals surface area contributed by atoms with E-state index in [1.807, 2.05) is 0 Å². The Morgan fingerprint density at radius 1 is 1.07 bits per heavy atom. The number of phenols is 1. The van der Waals surface area contributed by atoms with Gasteiger partial charge in [-0.25, -0.2) is 0 Å². The largest absolute Gasteiger partial charge is 0.510 e. The molecule has 12 nitrogen and oxygen atoms in total. The first kappa shape index (κ1) is 32.9. The Morgan fingerprint density at radius 2 is 1.76 bits per heavy atom. The summed E-state index contributed by atoms with van der Waals surface area (Å²) in [6.07, 6.45) is 0.119. The first-order chi connectivity index (χ1) is 21.8. The van der Waals surface area contributed by atoms with Gasteiger partial charge < -0.3 is 36.4 Å². The molecule has 244 valence electrons. The monoisotopic (exact) mass is 632 g/mol. The zero-order chi connectivity index (χ0) is 33.7. The molecule has 0 aromatic heterocycles. The fourth-order valence-electron chi connectivity index (χ4n) is 7.32. The standard InChI is InChI=1S/C34H40N4O8/c1-5-38(6-2)13-12-36-33(45)18-9-7-8-17(14-18)20-10-11-23(39)25-21(20)15-19-16-22-27(37(3)4)29(41)26(32(35)44)31(43)34(22,46)30(42)24(19)28(25)40/h7-11,14,19,22,27,39,41-42,46H,5-6,12-13,15-16H2,1-4H3,(H2,35,44)(H,36,45)/t19-,22-,27?,34-/m0/s1. The van der Waals surface area contributed by atoms with E-state index in [-0.39, 0.29) is 35.6 Å².